The third-order valence-electron chi connectivity index (χ3n) is 5.31. The fourth-order valence-electron chi connectivity index (χ4n) is 3.79. The maximum atomic E-state index is 12.6. The van der Waals surface area contributed by atoms with Crippen LogP contribution in [0.5, 0.6) is 0 Å². The first kappa shape index (κ1) is 17.0. The third kappa shape index (κ3) is 3.80. The van der Waals surface area contributed by atoms with Gasteiger partial charge in [0.1, 0.15) is 0 Å². The van der Waals surface area contributed by atoms with Crippen molar-refractivity contribution in [3.8, 4) is 0 Å². The number of nitrogens with one attached hydrogen (secondary N) is 1. The Morgan fingerprint density at radius 3 is 2.38 bits per heavy atom. The fraction of sp³-hybridized carbons (Fsp3) is 0.600. The normalized spacial score (nSPS) is 20.8. The molecule has 3 rings (SSSR count). The predicted molar refractivity (Wildman–Crippen MR) is 94.5 cm³/mol. The van der Waals surface area contributed by atoms with Gasteiger partial charge in [-0.15, -0.1) is 0 Å². The quantitative estimate of drug-likeness (QED) is 0.924. The van der Waals surface area contributed by atoms with E-state index in [9.17, 15) is 9.59 Å². The first-order valence-electron chi connectivity index (χ1n) is 9.09. The number of carbonyl (C=O) groups is 2. The molecule has 1 heterocycles. The van der Waals surface area contributed by atoms with Gasteiger partial charge in [-0.3, -0.25) is 9.59 Å². The molecular formula is C20H28N2O2. The van der Waals surface area contributed by atoms with E-state index in [1.165, 1.54) is 22.3 Å². The van der Waals surface area contributed by atoms with Gasteiger partial charge < -0.3 is 10.2 Å². The van der Waals surface area contributed by atoms with Gasteiger partial charge in [0.25, 0.3) is 0 Å². The maximum Gasteiger partial charge on any atom is 0.225 e. The summed E-state index contributed by atoms with van der Waals surface area (Å²) in [6.45, 7) is 8.26. The van der Waals surface area contributed by atoms with Crippen LogP contribution in [0.1, 0.15) is 47.9 Å². The second kappa shape index (κ2) is 6.96. The lowest BCUT2D eigenvalue weighted by molar-refractivity contribution is -0.136. The van der Waals surface area contributed by atoms with Gasteiger partial charge in [0.05, 0.1) is 5.92 Å². The van der Waals surface area contributed by atoms with Gasteiger partial charge in [0, 0.05) is 25.6 Å². The molecule has 0 aromatic heterocycles. The summed E-state index contributed by atoms with van der Waals surface area (Å²) in [4.78, 5) is 26.7. The van der Waals surface area contributed by atoms with Crippen molar-refractivity contribution in [1.82, 2.24) is 10.2 Å². The standard InChI is InChI=1S/C20H28N2O2/c1-13-9-14(2)18(15(3)10-13)11-21-19(23)17-5-4-8-22(12-17)20(24)16-6-7-16/h9-10,16-17H,4-8,11-12H2,1-3H3,(H,21,23). The van der Waals surface area contributed by atoms with E-state index in [0.717, 1.165) is 32.2 Å². The van der Waals surface area contributed by atoms with Crippen LogP contribution in [-0.2, 0) is 16.1 Å². The molecule has 2 aliphatic rings. The molecule has 0 spiro atoms. The van der Waals surface area contributed by atoms with Crippen LogP contribution in [0, 0.1) is 32.6 Å². The summed E-state index contributed by atoms with van der Waals surface area (Å²) in [7, 11) is 0. The number of nitrogens with zero attached hydrogens (tertiary/aromatic N) is 1. The third-order valence-corrected chi connectivity index (χ3v) is 5.31. The van der Waals surface area contributed by atoms with Crippen LogP contribution in [-0.4, -0.2) is 29.8 Å². The van der Waals surface area contributed by atoms with Crippen molar-refractivity contribution >= 4 is 11.8 Å². The lowest BCUT2D eigenvalue weighted by Crippen LogP contribution is -2.45. The Labute approximate surface area is 144 Å². The van der Waals surface area contributed by atoms with Crippen molar-refractivity contribution < 1.29 is 9.59 Å². The monoisotopic (exact) mass is 328 g/mol. The number of hydrogen-bond acceptors (Lipinski definition) is 2. The van der Waals surface area contributed by atoms with Gasteiger partial charge in [0.15, 0.2) is 0 Å². The Bertz CT molecular complexity index is 626. The van der Waals surface area contributed by atoms with Crippen molar-refractivity contribution in [1.29, 1.82) is 0 Å². The highest BCUT2D eigenvalue weighted by Crippen LogP contribution is 2.32. The number of amides is 2. The average molecular weight is 328 g/mol. The van der Waals surface area contributed by atoms with Crippen molar-refractivity contribution in [3.63, 3.8) is 0 Å². The van der Waals surface area contributed by atoms with Gasteiger partial charge in [0.2, 0.25) is 11.8 Å². The Morgan fingerprint density at radius 1 is 1.08 bits per heavy atom. The van der Waals surface area contributed by atoms with Crippen LogP contribution in [0.4, 0.5) is 0 Å². The minimum Gasteiger partial charge on any atom is -0.352 e. The van der Waals surface area contributed by atoms with Gasteiger partial charge in [-0.2, -0.15) is 0 Å². The molecule has 1 aliphatic heterocycles. The number of carbonyl (C=O) groups excluding carboxylic acids is 2. The number of aryl methyl sites for hydroxylation is 3. The molecule has 2 amide bonds. The molecule has 1 saturated heterocycles. The van der Waals surface area contributed by atoms with Crippen molar-refractivity contribution in [2.24, 2.45) is 11.8 Å². The predicted octanol–water partition coefficient (Wildman–Crippen LogP) is 2.88. The van der Waals surface area contributed by atoms with E-state index < -0.39 is 0 Å². The maximum absolute atomic E-state index is 12.6. The first-order chi connectivity index (χ1) is 11.5. The van der Waals surface area contributed by atoms with Gasteiger partial charge in [-0.1, -0.05) is 17.7 Å². The lowest BCUT2D eigenvalue weighted by Gasteiger charge is -2.32. The first-order valence-corrected chi connectivity index (χ1v) is 9.09. The highest BCUT2D eigenvalue weighted by molar-refractivity contribution is 5.83. The number of piperidine rings is 1. The summed E-state index contributed by atoms with van der Waals surface area (Å²) in [6, 6.07) is 4.32. The molecule has 0 bridgehead atoms. The Morgan fingerprint density at radius 2 is 1.75 bits per heavy atom. The van der Waals surface area contributed by atoms with Gasteiger partial charge in [-0.05, 0) is 63.1 Å². The zero-order valence-electron chi connectivity index (χ0n) is 15.0. The molecule has 1 aliphatic carbocycles. The molecule has 1 saturated carbocycles. The zero-order chi connectivity index (χ0) is 17.3. The molecule has 1 aromatic rings. The van der Waals surface area contributed by atoms with Gasteiger partial charge in [-0.25, -0.2) is 0 Å². The second-order valence-corrected chi connectivity index (χ2v) is 7.49. The SMILES string of the molecule is Cc1cc(C)c(CNC(=O)C2CCCN(C(=O)C3CC3)C2)c(C)c1. The molecule has 4 nitrogen and oxygen atoms in total. The van der Waals surface area contributed by atoms with Crippen LogP contribution < -0.4 is 5.32 Å². The summed E-state index contributed by atoms with van der Waals surface area (Å²) in [5.74, 6) is 0.526. The summed E-state index contributed by atoms with van der Waals surface area (Å²) in [6.07, 6.45) is 3.86. The van der Waals surface area contributed by atoms with Gasteiger partial charge >= 0.3 is 0 Å². The molecule has 4 heteroatoms. The van der Waals surface area contributed by atoms with Crippen LogP contribution in [0.3, 0.4) is 0 Å². The summed E-state index contributed by atoms with van der Waals surface area (Å²) in [5, 5.41) is 3.10. The molecule has 1 unspecified atom stereocenters. The van der Waals surface area contributed by atoms with Crippen LogP contribution in [0.2, 0.25) is 0 Å². The average Bonchev–Trinajstić information content (AvgIpc) is 3.38. The van der Waals surface area contributed by atoms with E-state index in [1.54, 1.807) is 0 Å². The minimum absolute atomic E-state index is 0.0625. The topological polar surface area (TPSA) is 49.4 Å². The minimum atomic E-state index is -0.0625. The molecule has 1 atom stereocenters. The fourth-order valence-corrected chi connectivity index (χ4v) is 3.79. The molecular weight excluding hydrogens is 300 g/mol. The van der Waals surface area contributed by atoms with Crippen LogP contribution in [0.15, 0.2) is 12.1 Å². The molecule has 130 valence electrons. The van der Waals surface area contributed by atoms with E-state index in [0.29, 0.717) is 13.1 Å². The van der Waals surface area contributed by atoms with E-state index >= 15 is 0 Å². The smallest absolute Gasteiger partial charge is 0.225 e. The van der Waals surface area contributed by atoms with Crippen molar-refractivity contribution in [3.05, 3.63) is 34.4 Å². The number of benzene rings is 1. The Hall–Kier alpha value is -1.84. The lowest BCUT2D eigenvalue weighted by atomic mass is 9.96. The molecule has 1 aromatic carbocycles. The summed E-state index contributed by atoms with van der Waals surface area (Å²) in [5.41, 5.74) is 4.90. The number of hydrogen-bond donors (Lipinski definition) is 1. The molecule has 2 fully saturated rings. The summed E-state index contributed by atoms with van der Waals surface area (Å²) >= 11 is 0. The molecule has 24 heavy (non-hydrogen) atoms. The molecule has 1 N–H and O–H groups in total. The van der Waals surface area contributed by atoms with Crippen molar-refractivity contribution in [2.45, 2.75) is 53.0 Å². The van der Waals surface area contributed by atoms with Crippen molar-refractivity contribution in [2.75, 3.05) is 13.1 Å². The van der Waals surface area contributed by atoms with E-state index in [4.69, 9.17) is 0 Å². The second-order valence-electron chi connectivity index (χ2n) is 7.49. The largest absolute Gasteiger partial charge is 0.352 e. The number of likely N-dealkylation sites (tertiary alicyclic amines) is 1. The van der Waals surface area contributed by atoms with Crippen LogP contribution >= 0.6 is 0 Å². The van der Waals surface area contributed by atoms with E-state index in [1.807, 2.05) is 4.90 Å². The highest BCUT2D eigenvalue weighted by atomic mass is 16.2. The van der Waals surface area contributed by atoms with E-state index in [2.05, 4.69) is 38.2 Å². The Kier molecular flexibility index (Phi) is 4.93. The molecule has 0 radical (unpaired) electrons. The number of rotatable bonds is 4. The summed E-state index contributed by atoms with van der Waals surface area (Å²) < 4.78 is 0. The Balaban J connectivity index is 1.57. The zero-order valence-corrected chi connectivity index (χ0v) is 15.0. The van der Waals surface area contributed by atoms with Crippen LogP contribution in [0.25, 0.3) is 0 Å². The highest BCUT2D eigenvalue weighted by Gasteiger charge is 2.36. The van der Waals surface area contributed by atoms with E-state index in [-0.39, 0.29) is 23.7 Å².